The Morgan fingerprint density at radius 3 is 2.63 bits per heavy atom. The molecular formula is C13H15Cl3N2O. The molecule has 0 aliphatic carbocycles. The second kappa shape index (κ2) is 6.31. The van der Waals surface area contributed by atoms with E-state index in [0.717, 1.165) is 25.9 Å². The number of rotatable bonds is 2. The van der Waals surface area contributed by atoms with Crippen molar-refractivity contribution in [2.45, 2.75) is 12.8 Å². The van der Waals surface area contributed by atoms with Gasteiger partial charge in [-0.15, -0.1) is 0 Å². The van der Waals surface area contributed by atoms with Crippen LogP contribution in [0, 0.1) is 5.92 Å². The summed E-state index contributed by atoms with van der Waals surface area (Å²) < 4.78 is 0. The van der Waals surface area contributed by atoms with Crippen molar-refractivity contribution in [2.75, 3.05) is 25.5 Å². The molecule has 6 heteroatoms. The lowest BCUT2D eigenvalue weighted by Crippen LogP contribution is -2.38. The third-order valence-electron chi connectivity index (χ3n) is 3.26. The third kappa shape index (κ3) is 3.76. The number of nitrogens with one attached hydrogen (secondary N) is 1. The number of carbonyl (C=O) groups excluding carboxylic acids is 1. The van der Waals surface area contributed by atoms with E-state index >= 15 is 0 Å². The van der Waals surface area contributed by atoms with Crippen LogP contribution in [0.4, 0.5) is 5.69 Å². The van der Waals surface area contributed by atoms with Crippen LogP contribution in [0.15, 0.2) is 12.1 Å². The van der Waals surface area contributed by atoms with Gasteiger partial charge in [0.2, 0.25) is 5.91 Å². The van der Waals surface area contributed by atoms with Gasteiger partial charge in [-0.1, -0.05) is 34.8 Å². The highest BCUT2D eigenvalue weighted by atomic mass is 35.5. The fraction of sp³-hybridized carbons (Fsp3) is 0.462. The van der Waals surface area contributed by atoms with Crippen LogP contribution in [-0.4, -0.2) is 30.9 Å². The van der Waals surface area contributed by atoms with Gasteiger partial charge >= 0.3 is 0 Å². The van der Waals surface area contributed by atoms with E-state index in [-0.39, 0.29) is 11.8 Å². The number of benzene rings is 1. The van der Waals surface area contributed by atoms with Crippen LogP contribution in [-0.2, 0) is 4.79 Å². The Labute approximate surface area is 127 Å². The standard InChI is InChI=1S/C13H15Cl3N2O/c1-18-4-2-3-8(7-18)13(19)17-12-6-10(15)9(14)5-11(12)16/h5-6,8H,2-4,7H2,1H3,(H,17,19)/t8-/m0/s1. The second-order valence-corrected chi connectivity index (χ2v) is 6.06. The first kappa shape index (κ1) is 14.9. The first-order chi connectivity index (χ1) is 8.97. The smallest absolute Gasteiger partial charge is 0.228 e. The quantitative estimate of drug-likeness (QED) is 0.837. The van der Waals surface area contributed by atoms with Crippen molar-refractivity contribution in [1.82, 2.24) is 4.90 Å². The summed E-state index contributed by atoms with van der Waals surface area (Å²) in [5.74, 6) is -0.0314. The maximum atomic E-state index is 12.2. The van der Waals surface area contributed by atoms with E-state index in [9.17, 15) is 4.79 Å². The van der Waals surface area contributed by atoms with E-state index in [4.69, 9.17) is 34.8 Å². The van der Waals surface area contributed by atoms with E-state index in [0.29, 0.717) is 20.8 Å². The summed E-state index contributed by atoms with van der Waals surface area (Å²) in [6.07, 6.45) is 1.93. The lowest BCUT2D eigenvalue weighted by Gasteiger charge is -2.28. The third-order valence-corrected chi connectivity index (χ3v) is 4.30. The lowest BCUT2D eigenvalue weighted by molar-refractivity contribution is -0.121. The van der Waals surface area contributed by atoms with Crippen molar-refractivity contribution in [2.24, 2.45) is 5.92 Å². The first-order valence-electron chi connectivity index (χ1n) is 6.11. The van der Waals surface area contributed by atoms with Gasteiger partial charge in [0, 0.05) is 6.54 Å². The van der Waals surface area contributed by atoms with Crippen molar-refractivity contribution in [1.29, 1.82) is 0 Å². The maximum absolute atomic E-state index is 12.2. The number of hydrogen-bond acceptors (Lipinski definition) is 2. The van der Waals surface area contributed by atoms with Gasteiger partial charge in [-0.2, -0.15) is 0 Å². The van der Waals surface area contributed by atoms with Crippen LogP contribution in [0.2, 0.25) is 15.1 Å². The summed E-state index contributed by atoms with van der Waals surface area (Å²) in [4.78, 5) is 14.3. The Morgan fingerprint density at radius 2 is 1.95 bits per heavy atom. The van der Waals surface area contributed by atoms with Gasteiger partial charge in [-0.3, -0.25) is 4.79 Å². The molecule has 0 bridgehead atoms. The lowest BCUT2D eigenvalue weighted by atomic mass is 9.97. The maximum Gasteiger partial charge on any atom is 0.228 e. The minimum Gasteiger partial charge on any atom is -0.324 e. The van der Waals surface area contributed by atoms with E-state index in [1.54, 1.807) is 6.07 Å². The minimum atomic E-state index is -0.0214. The molecule has 0 spiro atoms. The summed E-state index contributed by atoms with van der Waals surface area (Å²) in [7, 11) is 2.02. The summed E-state index contributed by atoms with van der Waals surface area (Å²) >= 11 is 17.8. The number of amides is 1. The van der Waals surface area contributed by atoms with Gasteiger partial charge in [0.1, 0.15) is 0 Å². The summed E-state index contributed by atoms with van der Waals surface area (Å²) in [6.45, 7) is 1.81. The zero-order valence-corrected chi connectivity index (χ0v) is 12.8. The molecule has 19 heavy (non-hydrogen) atoms. The molecule has 104 valence electrons. The van der Waals surface area contributed by atoms with E-state index in [2.05, 4.69) is 10.2 Å². The number of anilines is 1. The van der Waals surface area contributed by atoms with Crippen LogP contribution >= 0.6 is 34.8 Å². The van der Waals surface area contributed by atoms with Gasteiger partial charge in [-0.25, -0.2) is 0 Å². The Kier molecular flexibility index (Phi) is 4.96. The Balaban J connectivity index is 2.08. The highest BCUT2D eigenvalue weighted by molar-refractivity contribution is 6.44. The van der Waals surface area contributed by atoms with E-state index in [1.165, 1.54) is 6.07 Å². The Bertz CT molecular complexity index is 493. The first-order valence-corrected chi connectivity index (χ1v) is 7.24. The summed E-state index contributed by atoms with van der Waals surface area (Å²) in [5.41, 5.74) is 0.509. The van der Waals surface area contributed by atoms with Crippen LogP contribution in [0.25, 0.3) is 0 Å². The topological polar surface area (TPSA) is 32.3 Å². The molecule has 1 amide bonds. The highest BCUT2D eigenvalue weighted by Gasteiger charge is 2.24. The fourth-order valence-electron chi connectivity index (χ4n) is 2.23. The second-order valence-electron chi connectivity index (χ2n) is 4.84. The predicted octanol–water partition coefficient (Wildman–Crippen LogP) is 3.93. The number of carbonyl (C=O) groups is 1. The molecule has 1 aliphatic heterocycles. The largest absolute Gasteiger partial charge is 0.324 e. The van der Waals surface area contributed by atoms with Crippen LogP contribution < -0.4 is 5.32 Å². The molecule has 1 heterocycles. The fourth-order valence-corrected chi connectivity index (χ4v) is 2.83. The average molecular weight is 322 g/mol. The Morgan fingerprint density at radius 1 is 1.26 bits per heavy atom. The number of piperidine rings is 1. The summed E-state index contributed by atoms with van der Waals surface area (Å²) in [6, 6.07) is 3.12. The van der Waals surface area contributed by atoms with Crippen molar-refractivity contribution in [3.63, 3.8) is 0 Å². The normalized spacial score (nSPS) is 20.3. The van der Waals surface area contributed by atoms with Crippen molar-refractivity contribution >= 4 is 46.4 Å². The number of likely N-dealkylation sites (tertiary alicyclic amines) is 1. The Hall–Kier alpha value is -0.480. The van der Waals surface area contributed by atoms with Crippen LogP contribution in [0.3, 0.4) is 0 Å². The number of hydrogen-bond donors (Lipinski definition) is 1. The minimum absolute atomic E-state index is 0.00993. The molecule has 1 aromatic carbocycles. The molecule has 0 saturated carbocycles. The average Bonchev–Trinajstić information content (AvgIpc) is 2.36. The van der Waals surface area contributed by atoms with Crippen LogP contribution in [0.1, 0.15) is 12.8 Å². The van der Waals surface area contributed by atoms with Gasteiger partial charge in [-0.05, 0) is 38.6 Å². The molecule has 1 fully saturated rings. The zero-order chi connectivity index (χ0) is 14.0. The van der Waals surface area contributed by atoms with Gasteiger partial charge in [0.15, 0.2) is 0 Å². The zero-order valence-electron chi connectivity index (χ0n) is 10.5. The molecule has 1 aliphatic rings. The molecule has 2 rings (SSSR count). The van der Waals surface area contributed by atoms with Gasteiger partial charge < -0.3 is 10.2 Å². The molecule has 1 atom stereocenters. The van der Waals surface area contributed by atoms with E-state index in [1.807, 2.05) is 7.05 Å². The summed E-state index contributed by atoms with van der Waals surface area (Å²) in [5, 5.41) is 3.98. The van der Waals surface area contributed by atoms with E-state index < -0.39 is 0 Å². The molecular weight excluding hydrogens is 307 g/mol. The molecule has 1 aromatic rings. The molecule has 1 N–H and O–H groups in total. The monoisotopic (exact) mass is 320 g/mol. The molecule has 0 aromatic heterocycles. The number of halogens is 3. The highest BCUT2D eigenvalue weighted by Crippen LogP contribution is 2.32. The van der Waals surface area contributed by atoms with Crippen molar-refractivity contribution < 1.29 is 4.79 Å². The van der Waals surface area contributed by atoms with Crippen molar-refractivity contribution in [3.8, 4) is 0 Å². The van der Waals surface area contributed by atoms with Gasteiger partial charge in [0.25, 0.3) is 0 Å². The predicted molar refractivity (Wildman–Crippen MR) is 80.3 cm³/mol. The molecule has 1 saturated heterocycles. The molecule has 0 radical (unpaired) electrons. The van der Waals surface area contributed by atoms with Crippen LogP contribution in [0.5, 0.6) is 0 Å². The SMILES string of the molecule is CN1CCC[C@H](C(=O)Nc2cc(Cl)c(Cl)cc2Cl)C1. The molecule has 3 nitrogen and oxygen atoms in total. The van der Waals surface area contributed by atoms with Gasteiger partial charge in [0.05, 0.1) is 26.7 Å². The molecule has 0 unspecified atom stereocenters. The number of nitrogens with zero attached hydrogens (tertiary/aromatic N) is 1. The van der Waals surface area contributed by atoms with Crippen molar-refractivity contribution in [3.05, 3.63) is 27.2 Å².